The molecule has 1 atom stereocenters. The highest BCUT2D eigenvalue weighted by Crippen LogP contribution is 2.39. The van der Waals surface area contributed by atoms with E-state index in [9.17, 15) is 0 Å². The molecule has 1 N–H and O–H groups in total. The Morgan fingerprint density at radius 3 is 2.55 bits per heavy atom. The van der Waals surface area contributed by atoms with Gasteiger partial charge in [0.2, 0.25) is 0 Å². The number of unbranched alkanes of at least 4 members (excludes halogenated alkanes) is 2. The molecule has 0 aromatic heterocycles. The van der Waals surface area contributed by atoms with E-state index in [2.05, 4.69) is 29.3 Å². The first-order valence-electron chi connectivity index (χ1n) is 8.47. The fourth-order valence-electron chi connectivity index (χ4n) is 3.29. The molecule has 0 radical (unpaired) electrons. The first-order chi connectivity index (χ1) is 10.8. The first-order valence-corrected chi connectivity index (χ1v) is 8.47. The molecule has 0 saturated carbocycles. The summed E-state index contributed by atoms with van der Waals surface area (Å²) in [6.45, 7) is 6.58. The van der Waals surface area contributed by atoms with Gasteiger partial charge in [-0.05, 0) is 12.5 Å². The van der Waals surface area contributed by atoms with Gasteiger partial charge in [-0.3, -0.25) is 4.90 Å². The number of hydrogen-bond acceptors (Lipinski definition) is 4. The summed E-state index contributed by atoms with van der Waals surface area (Å²) in [4.78, 5) is 2.59. The zero-order valence-electron chi connectivity index (χ0n) is 14.2. The van der Waals surface area contributed by atoms with Crippen molar-refractivity contribution in [3.8, 4) is 11.5 Å². The van der Waals surface area contributed by atoms with E-state index in [1.54, 1.807) is 14.2 Å². The van der Waals surface area contributed by atoms with Gasteiger partial charge in [0.25, 0.3) is 0 Å². The fourth-order valence-corrected chi connectivity index (χ4v) is 3.29. The molecule has 1 fully saturated rings. The van der Waals surface area contributed by atoms with E-state index in [0.717, 1.165) is 37.7 Å². The van der Waals surface area contributed by atoms with Crippen LogP contribution >= 0.6 is 0 Å². The molecule has 1 saturated heterocycles. The molecular weight excluding hydrogens is 276 g/mol. The van der Waals surface area contributed by atoms with Gasteiger partial charge in [-0.15, -0.1) is 0 Å². The predicted molar refractivity (Wildman–Crippen MR) is 90.9 cm³/mol. The molecule has 0 aliphatic carbocycles. The van der Waals surface area contributed by atoms with Gasteiger partial charge in [0, 0.05) is 37.8 Å². The van der Waals surface area contributed by atoms with Crippen LogP contribution in [0.2, 0.25) is 0 Å². The monoisotopic (exact) mass is 306 g/mol. The maximum atomic E-state index is 5.68. The van der Waals surface area contributed by atoms with E-state index in [0.29, 0.717) is 6.04 Å². The van der Waals surface area contributed by atoms with Crippen molar-refractivity contribution in [2.24, 2.45) is 0 Å². The summed E-state index contributed by atoms with van der Waals surface area (Å²) in [5.74, 6) is 1.72. The lowest BCUT2D eigenvalue weighted by Crippen LogP contribution is -2.45. The Balaban J connectivity index is 2.26. The highest BCUT2D eigenvalue weighted by atomic mass is 16.5. The highest BCUT2D eigenvalue weighted by molar-refractivity contribution is 5.48. The number of benzene rings is 1. The summed E-state index contributed by atoms with van der Waals surface area (Å²) >= 11 is 0. The highest BCUT2D eigenvalue weighted by Gasteiger charge is 2.25. The van der Waals surface area contributed by atoms with Crippen molar-refractivity contribution in [2.45, 2.75) is 38.6 Å². The smallest absolute Gasteiger partial charge is 0.165 e. The molecule has 1 heterocycles. The number of rotatable bonds is 8. The second-order valence-electron chi connectivity index (χ2n) is 5.88. The van der Waals surface area contributed by atoms with Gasteiger partial charge in [0.05, 0.1) is 14.2 Å². The standard InChI is InChI=1S/C18H30N2O2/c1-4-5-6-9-16(20-13-11-19-12-14-20)15-8-7-10-17(21-2)18(15)22-3/h7-8,10,16,19H,4-6,9,11-14H2,1-3H3/t16-/m0/s1. The van der Waals surface area contributed by atoms with Gasteiger partial charge >= 0.3 is 0 Å². The Labute approximate surface area is 134 Å². The molecule has 4 heteroatoms. The van der Waals surface area contributed by atoms with Crippen molar-refractivity contribution in [1.29, 1.82) is 0 Å². The van der Waals surface area contributed by atoms with Crippen LogP contribution in [0, 0.1) is 0 Å². The van der Waals surface area contributed by atoms with Crippen LogP contribution in [0.5, 0.6) is 11.5 Å². The Hall–Kier alpha value is -1.26. The molecule has 0 bridgehead atoms. The Bertz CT molecular complexity index is 445. The quantitative estimate of drug-likeness (QED) is 0.748. The molecule has 1 aromatic carbocycles. The average Bonchev–Trinajstić information content (AvgIpc) is 2.59. The van der Waals surface area contributed by atoms with Crippen molar-refractivity contribution in [3.05, 3.63) is 23.8 Å². The largest absolute Gasteiger partial charge is 0.493 e. The van der Waals surface area contributed by atoms with E-state index in [1.165, 1.54) is 31.2 Å². The summed E-state index contributed by atoms with van der Waals surface area (Å²) in [7, 11) is 3.45. The summed E-state index contributed by atoms with van der Waals surface area (Å²) < 4.78 is 11.2. The minimum absolute atomic E-state index is 0.415. The van der Waals surface area contributed by atoms with Crippen LogP contribution < -0.4 is 14.8 Å². The molecule has 1 aliphatic heterocycles. The SMILES string of the molecule is CCCCC[C@@H](c1cccc(OC)c1OC)N1CCNCC1. The summed E-state index contributed by atoms with van der Waals surface area (Å²) in [5, 5.41) is 3.44. The number of para-hydroxylation sites is 1. The third-order valence-electron chi connectivity index (χ3n) is 4.47. The topological polar surface area (TPSA) is 33.7 Å². The third-order valence-corrected chi connectivity index (χ3v) is 4.47. The number of nitrogens with one attached hydrogen (secondary N) is 1. The van der Waals surface area contributed by atoms with Crippen LogP contribution in [0.15, 0.2) is 18.2 Å². The van der Waals surface area contributed by atoms with E-state index >= 15 is 0 Å². The summed E-state index contributed by atoms with van der Waals surface area (Å²) in [6.07, 6.45) is 4.97. The summed E-state index contributed by atoms with van der Waals surface area (Å²) in [5.41, 5.74) is 1.26. The molecule has 0 amide bonds. The number of piperazine rings is 1. The average molecular weight is 306 g/mol. The van der Waals surface area contributed by atoms with Gasteiger partial charge in [-0.1, -0.05) is 38.3 Å². The summed E-state index contributed by atoms with van der Waals surface area (Å²) in [6, 6.07) is 6.66. The van der Waals surface area contributed by atoms with Crippen LogP contribution in [0.25, 0.3) is 0 Å². The predicted octanol–water partition coefficient (Wildman–Crippen LogP) is 3.23. The van der Waals surface area contributed by atoms with Gasteiger partial charge < -0.3 is 14.8 Å². The maximum Gasteiger partial charge on any atom is 0.165 e. The van der Waals surface area contributed by atoms with Crippen molar-refractivity contribution in [1.82, 2.24) is 10.2 Å². The molecule has 0 spiro atoms. The van der Waals surface area contributed by atoms with Crippen molar-refractivity contribution in [2.75, 3.05) is 40.4 Å². The van der Waals surface area contributed by atoms with E-state index in [1.807, 2.05) is 6.07 Å². The molecule has 22 heavy (non-hydrogen) atoms. The van der Waals surface area contributed by atoms with Gasteiger partial charge in [0.15, 0.2) is 11.5 Å². The minimum Gasteiger partial charge on any atom is -0.493 e. The molecule has 2 rings (SSSR count). The van der Waals surface area contributed by atoms with Crippen LogP contribution in [0.1, 0.15) is 44.2 Å². The number of methoxy groups -OCH3 is 2. The number of hydrogen-bond donors (Lipinski definition) is 1. The molecule has 1 aromatic rings. The van der Waals surface area contributed by atoms with Gasteiger partial charge in [-0.2, -0.15) is 0 Å². The second kappa shape index (κ2) is 9.01. The van der Waals surface area contributed by atoms with Crippen molar-refractivity contribution >= 4 is 0 Å². The zero-order valence-corrected chi connectivity index (χ0v) is 14.2. The molecule has 4 nitrogen and oxygen atoms in total. The fraction of sp³-hybridized carbons (Fsp3) is 0.667. The van der Waals surface area contributed by atoms with Crippen LogP contribution in [-0.2, 0) is 0 Å². The lowest BCUT2D eigenvalue weighted by molar-refractivity contribution is 0.159. The molecule has 1 aliphatic rings. The van der Waals surface area contributed by atoms with E-state index in [-0.39, 0.29) is 0 Å². The van der Waals surface area contributed by atoms with Crippen molar-refractivity contribution in [3.63, 3.8) is 0 Å². The van der Waals surface area contributed by atoms with E-state index in [4.69, 9.17) is 9.47 Å². The molecule has 0 unspecified atom stereocenters. The zero-order chi connectivity index (χ0) is 15.8. The minimum atomic E-state index is 0.415. The van der Waals surface area contributed by atoms with E-state index < -0.39 is 0 Å². The van der Waals surface area contributed by atoms with Crippen molar-refractivity contribution < 1.29 is 9.47 Å². The van der Waals surface area contributed by atoms with Crippen LogP contribution in [-0.4, -0.2) is 45.3 Å². The lowest BCUT2D eigenvalue weighted by atomic mass is 9.97. The normalized spacial score (nSPS) is 17.2. The Morgan fingerprint density at radius 1 is 1.14 bits per heavy atom. The van der Waals surface area contributed by atoms with Gasteiger partial charge in [-0.25, -0.2) is 0 Å². The van der Waals surface area contributed by atoms with Crippen LogP contribution in [0.4, 0.5) is 0 Å². The Kier molecular flexibility index (Phi) is 7.00. The van der Waals surface area contributed by atoms with Gasteiger partial charge in [0.1, 0.15) is 0 Å². The maximum absolute atomic E-state index is 5.68. The third kappa shape index (κ3) is 4.14. The molecular formula is C18H30N2O2. The number of nitrogens with zero attached hydrogens (tertiary/aromatic N) is 1. The lowest BCUT2D eigenvalue weighted by Gasteiger charge is -2.36. The Morgan fingerprint density at radius 2 is 1.91 bits per heavy atom. The number of ether oxygens (including phenoxy) is 2. The molecule has 124 valence electrons. The van der Waals surface area contributed by atoms with Crippen LogP contribution in [0.3, 0.4) is 0 Å². The first kappa shape index (κ1) is 17.1. The second-order valence-corrected chi connectivity index (χ2v) is 5.88.